The van der Waals surface area contributed by atoms with Gasteiger partial charge in [-0.15, -0.1) is 6.42 Å². The summed E-state index contributed by atoms with van der Waals surface area (Å²) >= 11 is 0. The quantitative estimate of drug-likeness (QED) is 0.713. The highest BCUT2D eigenvalue weighted by atomic mass is 16.5. The van der Waals surface area contributed by atoms with Crippen LogP contribution in [-0.4, -0.2) is 42.8 Å². The lowest BCUT2D eigenvalue weighted by atomic mass is 10.1. The molecule has 1 aromatic carbocycles. The molecule has 1 saturated carbocycles. The lowest BCUT2D eigenvalue weighted by molar-refractivity contribution is 0.0456. The van der Waals surface area contributed by atoms with Gasteiger partial charge in [-0.25, -0.2) is 4.79 Å². The second-order valence-electron chi connectivity index (χ2n) is 7.42. The maximum Gasteiger partial charge on any atom is 0.318 e. The topological polar surface area (TPSA) is 50.8 Å². The summed E-state index contributed by atoms with van der Waals surface area (Å²) in [4.78, 5) is 14.2. The second-order valence-corrected chi connectivity index (χ2v) is 7.42. The van der Waals surface area contributed by atoms with Crippen LogP contribution in [0.5, 0.6) is 0 Å². The number of urea groups is 1. The molecule has 1 saturated heterocycles. The molecule has 0 bridgehead atoms. The minimum Gasteiger partial charge on any atom is -0.376 e. The Kier molecular flexibility index (Phi) is 7.55. The lowest BCUT2D eigenvalue weighted by Gasteiger charge is -2.23. The Hall–Kier alpha value is -2.03. The molecule has 2 fully saturated rings. The molecule has 1 unspecified atom stereocenters. The van der Waals surface area contributed by atoms with Crippen molar-refractivity contribution in [2.24, 2.45) is 0 Å². The van der Waals surface area contributed by atoms with E-state index < -0.39 is 0 Å². The van der Waals surface area contributed by atoms with Crippen molar-refractivity contribution in [3.63, 3.8) is 0 Å². The van der Waals surface area contributed by atoms with Crippen LogP contribution in [-0.2, 0) is 22.6 Å². The van der Waals surface area contributed by atoms with Gasteiger partial charge in [0.2, 0.25) is 0 Å². The molecular formula is C22H30N2O3. The fraction of sp³-hybridized carbons (Fsp3) is 0.591. The third-order valence-electron chi connectivity index (χ3n) is 5.24. The monoisotopic (exact) mass is 370 g/mol. The summed E-state index contributed by atoms with van der Waals surface area (Å²) in [6.07, 6.45) is 12.9. The van der Waals surface area contributed by atoms with Crippen LogP contribution in [0.2, 0.25) is 0 Å². The first-order chi connectivity index (χ1) is 13.2. The van der Waals surface area contributed by atoms with E-state index >= 15 is 0 Å². The number of carbonyl (C=O) groups is 1. The molecule has 3 rings (SSSR count). The van der Waals surface area contributed by atoms with Crippen LogP contribution in [0.15, 0.2) is 24.3 Å². The number of ether oxygens (including phenoxy) is 2. The van der Waals surface area contributed by atoms with Crippen molar-refractivity contribution in [2.45, 2.75) is 63.9 Å². The zero-order chi connectivity index (χ0) is 18.9. The van der Waals surface area contributed by atoms with E-state index in [4.69, 9.17) is 15.9 Å². The number of terminal acetylenes is 1. The fourth-order valence-electron chi connectivity index (χ4n) is 3.75. The zero-order valence-electron chi connectivity index (χ0n) is 16.0. The second kappa shape index (κ2) is 10.3. The molecule has 1 atom stereocenters. The van der Waals surface area contributed by atoms with E-state index in [0.717, 1.165) is 30.6 Å². The summed E-state index contributed by atoms with van der Waals surface area (Å²) in [7, 11) is 0. The van der Waals surface area contributed by atoms with Crippen LogP contribution in [0.25, 0.3) is 0 Å². The molecule has 0 spiro atoms. The molecule has 146 valence electrons. The molecule has 5 nitrogen and oxygen atoms in total. The van der Waals surface area contributed by atoms with Crippen LogP contribution in [0.3, 0.4) is 0 Å². The summed E-state index contributed by atoms with van der Waals surface area (Å²) in [6, 6.07) is 8.06. The summed E-state index contributed by atoms with van der Waals surface area (Å²) in [5, 5.41) is 2.98. The predicted octanol–water partition coefficient (Wildman–Crippen LogP) is 3.47. The fourth-order valence-corrected chi connectivity index (χ4v) is 3.75. The minimum atomic E-state index is -0.143. The number of benzene rings is 1. The van der Waals surface area contributed by atoms with Gasteiger partial charge < -0.3 is 19.7 Å². The Bertz CT molecular complexity index is 643. The summed E-state index contributed by atoms with van der Waals surface area (Å²) in [6.45, 7) is 2.72. The number of rotatable bonds is 8. The van der Waals surface area contributed by atoms with E-state index in [1.54, 1.807) is 4.90 Å². The number of hydrogen-bond acceptors (Lipinski definition) is 3. The molecule has 1 heterocycles. The van der Waals surface area contributed by atoms with E-state index in [9.17, 15) is 4.79 Å². The molecule has 1 aliphatic heterocycles. The van der Waals surface area contributed by atoms with Crippen molar-refractivity contribution in [3.05, 3.63) is 35.4 Å². The highest BCUT2D eigenvalue weighted by molar-refractivity contribution is 5.74. The van der Waals surface area contributed by atoms with Crippen LogP contribution in [0, 0.1) is 12.3 Å². The third-order valence-corrected chi connectivity index (χ3v) is 5.24. The van der Waals surface area contributed by atoms with Crippen molar-refractivity contribution >= 4 is 6.03 Å². The third kappa shape index (κ3) is 6.27. The van der Waals surface area contributed by atoms with E-state index in [2.05, 4.69) is 23.4 Å². The Morgan fingerprint density at radius 2 is 2.07 bits per heavy atom. The van der Waals surface area contributed by atoms with E-state index in [1.807, 2.05) is 12.1 Å². The van der Waals surface area contributed by atoms with Crippen molar-refractivity contribution in [1.29, 1.82) is 0 Å². The summed E-state index contributed by atoms with van der Waals surface area (Å²) in [5.74, 6) is 2.57. The molecule has 2 amide bonds. The van der Waals surface area contributed by atoms with Crippen LogP contribution in [0.1, 0.15) is 49.7 Å². The maximum absolute atomic E-state index is 12.5. The number of amides is 2. The first kappa shape index (κ1) is 19.7. The van der Waals surface area contributed by atoms with Gasteiger partial charge in [0.25, 0.3) is 0 Å². The predicted molar refractivity (Wildman–Crippen MR) is 105 cm³/mol. The summed E-state index contributed by atoms with van der Waals surface area (Å²) in [5.41, 5.74) is 2.21. The number of hydrogen-bond donors (Lipinski definition) is 1. The Balaban J connectivity index is 1.47. The average molecular weight is 370 g/mol. The van der Waals surface area contributed by atoms with Crippen molar-refractivity contribution in [3.8, 4) is 12.3 Å². The van der Waals surface area contributed by atoms with Crippen LogP contribution < -0.4 is 5.32 Å². The van der Waals surface area contributed by atoms with E-state index in [1.165, 1.54) is 25.7 Å². The van der Waals surface area contributed by atoms with Crippen molar-refractivity contribution < 1.29 is 14.3 Å². The highest BCUT2D eigenvalue weighted by Gasteiger charge is 2.22. The van der Waals surface area contributed by atoms with Gasteiger partial charge in [0.15, 0.2) is 0 Å². The first-order valence-corrected chi connectivity index (χ1v) is 10.0. The molecule has 0 radical (unpaired) electrons. The number of carbonyl (C=O) groups excluding carboxylic acids is 1. The van der Waals surface area contributed by atoms with Gasteiger partial charge in [-0.05, 0) is 36.8 Å². The van der Waals surface area contributed by atoms with Crippen molar-refractivity contribution in [1.82, 2.24) is 10.2 Å². The maximum atomic E-state index is 12.5. The molecule has 1 aliphatic carbocycles. The number of nitrogens with one attached hydrogen (secondary N) is 1. The molecule has 5 heteroatoms. The Morgan fingerprint density at radius 3 is 2.81 bits per heavy atom. The molecule has 2 aliphatic rings. The minimum absolute atomic E-state index is 0.0974. The van der Waals surface area contributed by atoms with Crippen LogP contribution >= 0.6 is 0 Å². The van der Waals surface area contributed by atoms with Gasteiger partial charge in [0.1, 0.15) is 0 Å². The normalized spacial score (nSPS) is 19.7. The Morgan fingerprint density at radius 1 is 1.26 bits per heavy atom. The van der Waals surface area contributed by atoms with Crippen molar-refractivity contribution in [2.75, 3.05) is 19.7 Å². The standard InChI is InChI=1S/C22H30N2O3/c1-2-12-24(16-21-11-6-13-26-21)22(25)23-15-18-7-5-8-19(14-18)17-27-20-9-3-4-10-20/h1,5,7-8,14,20-21H,3-4,6,9-13,15-17H2,(H,23,25). The smallest absolute Gasteiger partial charge is 0.318 e. The molecule has 0 aromatic heterocycles. The van der Waals surface area contributed by atoms with E-state index in [-0.39, 0.29) is 12.1 Å². The Labute approximate surface area is 162 Å². The van der Waals surface area contributed by atoms with Gasteiger partial charge in [0, 0.05) is 19.7 Å². The van der Waals surface area contributed by atoms with Gasteiger partial charge in [-0.2, -0.15) is 0 Å². The number of nitrogens with zero attached hydrogens (tertiary/aromatic N) is 1. The molecule has 1 aromatic rings. The SMILES string of the molecule is C#CCN(CC1CCCO1)C(=O)NCc1cccc(COC2CCCC2)c1. The first-order valence-electron chi connectivity index (χ1n) is 10.0. The van der Waals surface area contributed by atoms with Crippen LogP contribution in [0.4, 0.5) is 4.79 Å². The largest absolute Gasteiger partial charge is 0.376 e. The average Bonchev–Trinajstić information content (AvgIpc) is 3.38. The highest BCUT2D eigenvalue weighted by Crippen LogP contribution is 2.22. The van der Waals surface area contributed by atoms with Gasteiger partial charge in [-0.3, -0.25) is 0 Å². The van der Waals surface area contributed by atoms with Gasteiger partial charge in [0.05, 0.1) is 25.4 Å². The zero-order valence-corrected chi connectivity index (χ0v) is 16.0. The molecule has 27 heavy (non-hydrogen) atoms. The van der Waals surface area contributed by atoms with E-state index in [0.29, 0.717) is 32.3 Å². The lowest BCUT2D eigenvalue weighted by Crippen LogP contribution is -2.43. The molecular weight excluding hydrogens is 340 g/mol. The van der Waals surface area contributed by atoms with Gasteiger partial charge in [-0.1, -0.05) is 43.0 Å². The molecule has 1 N–H and O–H groups in total. The summed E-state index contributed by atoms with van der Waals surface area (Å²) < 4.78 is 11.6. The van der Waals surface area contributed by atoms with Gasteiger partial charge >= 0.3 is 6.03 Å².